The Kier molecular flexibility index (Phi) is 3.62. The molecule has 9 nitrogen and oxygen atoms in total. The van der Waals surface area contributed by atoms with Gasteiger partial charge in [-0.05, 0) is 37.7 Å². The molecule has 2 aliphatic rings. The van der Waals surface area contributed by atoms with E-state index in [9.17, 15) is 9.59 Å². The molecule has 5 rings (SSSR count). The van der Waals surface area contributed by atoms with Crippen LogP contribution in [-0.2, 0) is 10.3 Å². The van der Waals surface area contributed by atoms with Crippen molar-refractivity contribution in [3.8, 4) is 0 Å². The molecule has 3 aromatic rings. The Morgan fingerprint density at radius 2 is 1.93 bits per heavy atom. The van der Waals surface area contributed by atoms with Crippen molar-refractivity contribution in [2.75, 3.05) is 5.32 Å². The van der Waals surface area contributed by atoms with E-state index in [4.69, 9.17) is 0 Å². The molecular weight excluding hydrogens is 358 g/mol. The molecule has 2 fully saturated rings. The molecule has 3 heterocycles. The first-order valence-corrected chi connectivity index (χ1v) is 9.61. The van der Waals surface area contributed by atoms with E-state index in [0.717, 1.165) is 18.5 Å². The summed E-state index contributed by atoms with van der Waals surface area (Å²) >= 11 is 0. The molecule has 28 heavy (non-hydrogen) atoms. The van der Waals surface area contributed by atoms with Crippen LogP contribution in [0.25, 0.3) is 10.9 Å². The quantitative estimate of drug-likeness (QED) is 0.726. The molecule has 2 saturated carbocycles. The molecule has 0 saturated heterocycles. The van der Waals surface area contributed by atoms with E-state index >= 15 is 0 Å². The molecule has 1 N–H and O–H groups in total. The minimum absolute atomic E-state index is 0.0771. The topological polar surface area (TPSA) is 108 Å². The number of fused-ring (bicyclic) bond motifs is 1. The average Bonchev–Trinajstić information content (AvgIpc) is 3.60. The summed E-state index contributed by atoms with van der Waals surface area (Å²) in [6.45, 7) is 4.04. The van der Waals surface area contributed by atoms with Gasteiger partial charge in [0.1, 0.15) is 11.1 Å². The fraction of sp³-hybridized carbons (Fsp3) is 0.474. The van der Waals surface area contributed by atoms with Crippen molar-refractivity contribution >= 4 is 22.8 Å². The first-order chi connectivity index (χ1) is 13.5. The van der Waals surface area contributed by atoms with Crippen LogP contribution in [0.1, 0.15) is 57.2 Å². The molecule has 0 aliphatic heterocycles. The highest BCUT2D eigenvalue weighted by Crippen LogP contribution is 2.43. The highest BCUT2D eigenvalue weighted by Gasteiger charge is 2.54. The lowest BCUT2D eigenvalue weighted by atomic mass is 10.1. The predicted octanol–water partition coefficient (Wildman–Crippen LogP) is 1.97. The van der Waals surface area contributed by atoms with Crippen molar-refractivity contribution in [1.82, 2.24) is 29.5 Å². The van der Waals surface area contributed by atoms with Crippen LogP contribution in [0.15, 0.2) is 29.5 Å². The van der Waals surface area contributed by atoms with Crippen molar-refractivity contribution in [3.63, 3.8) is 0 Å². The van der Waals surface area contributed by atoms with Crippen LogP contribution in [0, 0.1) is 0 Å². The Labute approximate surface area is 160 Å². The van der Waals surface area contributed by atoms with Gasteiger partial charge < -0.3 is 0 Å². The molecular formula is C19H21N7O2. The zero-order chi connectivity index (χ0) is 19.5. The lowest BCUT2D eigenvalue weighted by molar-refractivity contribution is -0.121. The monoisotopic (exact) mass is 379 g/mol. The summed E-state index contributed by atoms with van der Waals surface area (Å²) in [5.74, 6) is -0.0105. The normalized spacial score (nSPS) is 17.8. The van der Waals surface area contributed by atoms with Gasteiger partial charge in [-0.1, -0.05) is 13.8 Å². The van der Waals surface area contributed by atoms with Gasteiger partial charge in [0.25, 0.3) is 11.5 Å². The molecule has 0 unspecified atom stereocenters. The molecule has 0 spiro atoms. The third-order valence-corrected chi connectivity index (χ3v) is 5.42. The third-order valence-electron chi connectivity index (χ3n) is 5.42. The van der Waals surface area contributed by atoms with Gasteiger partial charge >= 0.3 is 0 Å². The van der Waals surface area contributed by atoms with Crippen LogP contribution in [-0.4, -0.2) is 35.4 Å². The zero-order valence-electron chi connectivity index (χ0n) is 15.8. The Bertz CT molecular complexity index is 1120. The molecule has 0 radical (unpaired) electrons. The van der Waals surface area contributed by atoms with Crippen LogP contribution < -0.4 is 10.9 Å². The highest BCUT2D eigenvalue weighted by atomic mass is 16.2. The smallest absolute Gasteiger partial charge is 0.278 e. The third kappa shape index (κ3) is 2.61. The second kappa shape index (κ2) is 5.95. The van der Waals surface area contributed by atoms with E-state index in [2.05, 4.69) is 25.5 Å². The molecule has 0 aromatic carbocycles. The van der Waals surface area contributed by atoms with E-state index in [1.807, 2.05) is 24.7 Å². The van der Waals surface area contributed by atoms with E-state index in [1.165, 1.54) is 4.68 Å². The van der Waals surface area contributed by atoms with Crippen LogP contribution in [0.4, 0.5) is 5.95 Å². The van der Waals surface area contributed by atoms with Gasteiger partial charge in [0.05, 0.1) is 17.1 Å². The molecule has 3 aromatic heterocycles. The SMILES string of the molecule is CC(C)c1nn(C2(C(=O)Nc3ncccn3)CC2)c(=O)c2cn(C3CC3)nc12. The maximum atomic E-state index is 13.2. The number of hydrogen-bond acceptors (Lipinski definition) is 6. The van der Waals surface area contributed by atoms with Gasteiger partial charge in [-0.15, -0.1) is 0 Å². The number of carbonyl (C=O) groups excluding carboxylic acids is 1. The second-order valence-electron chi connectivity index (χ2n) is 7.92. The minimum Gasteiger partial charge on any atom is -0.292 e. The molecule has 144 valence electrons. The number of hydrogen-bond donors (Lipinski definition) is 1. The summed E-state index contributed by atoms with van der Waals surface area (Å²) in [5.41, 5.74) is 0.123. The van der Waals surface area contributed by atoms with E-state index in [-0.39, 0.29) is 23.3 Å². The fourth-order valence-electron chi connectivity index (χ4n) is 3.49. The summed E-state index contributed by atoms with van der Waals surface area (Å²) in [5, 5.41) is 12.5. The Balaban J connectivity index is 1.61. The maximum absolute atomic E-state index is 13.2. The lowest BCUT2D eigenvalue weighted by Crippen LogP contribution is -2.42. The van der Waals surface area contributed by atoms with Gasteiger partial charge in [-0.2, -0.15) is 10.2 Å². The van der Waals surface area contributed by atoms with Gasteiger partial charge in [0, 0.05) is 18.6 Å². The largest absolute Gasteiger partial charge is 0.292 e. The number of nitrogens with one attached hydrogen (secondary N) is 1. The molecule has 0 atom stereocenters. The minimum atomic E-state index is -0.990. The first-order valence-electron chi connectivity index (χ1n) is 9.61. The number of amides is 1. The maximum Gasteiger partial charge on any atom is 0.278 e. The predicted molar refractivity (Wildman–Crippen MR) is 102 cm³/mol. The molecule has 1 amide bonds. The van der Waals surface area contributed by atoms with E-state index < -0.39 is 5.54 Å². The molecule has 0 bridgehead atoms. The van der Waals surface area contributed by atoms with Crippen LogP contribution in [0.2, 0.25) is 0 Å². The Morgan fingerprint density at radius 1 is 1.21 bits per heavy atom. The number of nitrogens with zero attached hydrogens (tertiary/aromatic N) is 6. The Morgan fingerprint density at radius 3 is 2.54 bits per heavy atom. The summed E-state index contributed by atoms with van der Waals surface area (Å²) in [7, 11) is 0. The number of aromatic nitrogens is 6. The van der Waals surface area contributed by atoms with Gasteiger partial charge in [0.2, 0.25) is 5.95 Å². The van der Waals surface area contributed by atoms with Crippen LogP contribution >= 0.6 is 0 Å². The van der Waals surface area contributed by atoms with Crippen LogP contribution in [0.3, 0.4) is 0 Å². The fourth-order valence-corrected chi connectivity index (χ4v) is 3.49. The van der Waals surface area contributed by atoms with E-state index in [0.29, 0.717) is 29.8 Å². The summed E-state index contributed by atoms with van der Waals surface area (Å²) in [4.78, 5) is 34.3. The van der Waals surface area contributed by atoms with Crippen LogP contribution in [0.5, 0.6) is 0 Å². The van der Waals surface area contributed by atoms with Gasteiger partial charge in [0.15, 0.2) is 0 Å². The summed E-state index contributed by atoms with van der Waals surface area (Å²) in [6, 6.07) is 2.04. The van der Waals surface area contributed by atoms with E-state index in [1.54, 1.807) is 18.5 Å². The van der Waals surface area contributed by atoms with Crippen molar-refractivity contribution < 1.29 is 4.79 Å². The number of anilines is 1. The first kappa shape index (κ1) is 17.0. The molecule has 9 heteroatoms. The highest BCUT2D eigenvalue weighted by molar-refractivity contribution is 5.97. The standard InChI is InChI=1S/C19H21N7O2/c1-11(2)14-15-13(10-25(23-15)12-4-5-12)16(27)26(24-14)19(6-7-19)17(28)22-18-20-8-3-9-21-18/h3,8-12H,4-7H2,1-2H3,(H,20,21,22,28). The summed E-state index contributed by atoms with van der Waals surface area (Å²) in [6.07, 6.45) is 8.19. The Hall–Kier alpha value is -3.10. The zero-order valence-corrected chi connectivity index (χ0v) is 15.8. The van der Waals surface area contributed by atoms with Crippen molar-refractivity contribution in [2.24, 2.45) is 0 Å². The van der Waals surface area contributed by atoms with Crippen molar-refractivity contribution in [2.45, 2.75) is 57.0 Å². The van der Waals surface area contributed by atoms with Crippen molar-refractivity contribution in [1.29, 1.82) is 0 Å². The van der Waals surface area contributed by atoms with Gasteiger partial charge in [-0.3, -0.25) is 19.6 Å². The molecule has 2 aliphatic carbocycles. The average molecular weight is 379 g/mol. The number of carbonyl (C=O) groups is 1. The van der Waals surface area contributed by atoms with Gasteiger partial charge in [-0.25, -0.2) is 14.6 Å². The van der Waals surface area contributed by atoms with Crippen molar-refractivity contribution in [3.05, 3.63) is 40.7 Å². The number of rotatable bonds is 5. The lowest BCUT2D eigenvalue weighted by Gasteiger charge is -2.18. The summed E-state index contributed by atoms with van der Waals surface area (Å²) < 4.78 is 3.24. The second-order valence-corrected chi connectivity index (χ2v) is 7.92.